The molecule has 2 unspecified atom stereocenters. The molecule has 8 nitrogen and oxygen atoms in total. The van der Waals surface area contributed by atoms with Crippen LogP contribution < -0.4 is 14.4 Å². The van der Waals surface area contributed by atoms with Crippen LogP contribution in [0.1, 0.15) is 49.8 Å². The first-order chi connectivity index (χ1) is 16.8. The molecule has 1 aromatic heterocycles. The third-order valence-electron chi connectivity index (χ3n) is 6.14. The zero-order valence-corrected chi connectivity index (χ0v) is 20.4. The number of nitrogens with zero attached hydrogens (tertiary/aromatic N) is 4. The zero-order chi connectivity index (χ0) is 24.6. The van der Waals surface area contributed by atoms with Gasteiger partial charge in [0.05, 0.1) is 23.8 Å². The first-order valence-corrected chi connectivity index (χ1v) is 13.4. The monoisotopic (exact) mass is 489 g/mol. The highest BCUT2D eigenvalue weighted by Gasteiger charge is 2.46. The van der Waals surface area contributed by atoms with E-state index < -0.39 is 10.0 Å². The highest BCUT2D eigenvalue weighted by Crippen LogP contribution is 2.54. The van der Waals surface area contributed by atoms with E-state index in [2.05, 4.69) is 25.7 Å². The van der Waals surface area contributed by atoms with Gasteiger partial charge in [-0.2, -0.15) is 5.26 Å². The fourth-order valence-corrected chi connectivity index (χ4v) is 6.13. The number of sulfonamides is 1. The quantitative estimate of drug-likeness (QED) is 0.474. The van der Waals surface area contributed by atoms with Gasteiger partial charge in [0.15, 0.2) is 0 Å². The van der Waals surface area contributed by atoms with Gasteiger partial charge in [-0.3, -0.25) is 4.72 Å². The molecule has 2 atom stereocenters. The summed E-state index contributed by atoms with van der Waals surface area (Å²) in [5, 5.41) is 10.1. The summed E-state index contributed by atoms with van der Waals surface area (Å²) >= 11 is 0. The molecule has 1 saturated carbocycles. The molecule has 0 saturated heterocycles. The van der Waals surface area contributed by atoms with Crippen LogP contribution in [0.15, 0.2) is 60.9 Å². The number of nitriles is 1. The molecule has 0 amide bonds. The second-order valence-corrected chi connectivity index (χ2v) is 11.2. The first kappa shape index (κ1) is 23.1. The number of hydrogen-bond acceptors (Lipinski definition) is 7. The molecule has 0 radical (unpaired) electrons. The number of aromatic nitrogens is 2. The average Bonchev–Trinajstić information content (AvgIpc) is 3.60. The van der Waals surface area contributed by atoms with Gasteiger partial charge in [0.1, 0.15) is 5.75 Å². The molecule has 3 aromatic rings. The number of ether oxygens (including phenoxy) is 1. The Labute approximate surface area is 205 Å². The molecule has 9 heteroatoms. The van der Waals surface area contributed by atoms with Gasteiger partial charge in [-0.1, -0.05) is 32.0 Å². The molecule has 1 N–H and O–H groups in total. The molecule has 180 valence electrons. The van der Waals surface area contributed by atoms with Gasteiger partial charge in [0.25, 0.3) is 0 Å². The van der Waals surface area contributed by atoms with Crippen molar-refractivity contribution in [2.45, 2.75) is 44.7 Å². The van der Waals surface area contributed by atoms with Gasteiger partial charge in [0, 0.05) is 35.9 Å². The Morgan fingerprint density at radius 2 is 1.86 bits per heavy atom. The lowest BCUT2D eigenvalue weighted by Gasteiger charge is -2.29. The summed E-state index contributed by atoms with van der Waals surface area (Å²) in [6.45, 7) is 3.75. The number of anilines is 2. The average molecular weight is 490 g/mol. The minimum absolute atomic E-state index is 0.0366. The summed E-state index contributed by atoms with van der Waals surface area (Å²) in [5.74, 6) is 0.371. The van der Waals surface area contributed by atoms with Gasteiger partial charge >= 0.3 is 6.01 Å². The van der Waals surface area contributed by atoms with E-state index in [1.165, 1.54) is 0 Å². The summed E-state index contributed by atoms with van der Waals surface area (Å²) in [6.07, 6.45) is 5.38. The van der Waals surface area contributed by atoms with Crippen LogP contribution in [-0.4, -0.2) is 30.2 Å². The number of fused-ring (bicyclic) bond motifs is 1. The Morgan fingerprint density at radius 3 is 2.49 bits per heavy atom. The molecule has 0 spiro atoms. The molecule has 5 rings (SSSR count). The summed E-state index contributed by atoms with van der Waals surface area (Å²) in [6, 6.07) is 17.8. The van der Waals surface area contributed by atoms with E-state index in [-0.39, 0.29) is 29.6 Å². The van der Waals surface area contributed by atoms with Crippen LogP contribution in [0.2, 0.25) is 0 Å². The maximum atomic E-state index is 12.3. The van der Waals surface area contributed by atoms with Gasteiger partial charge in [0.2, 0.25) is 10.0 Å². The highest BCUT2D eigenvalue weighted by atomic mass is 32.2. The van der Waals surface area contributed by atoms with Crippen LogP contribution in [0.5, 0.6) is 11.8 Å². The maximum absolute atomic E-state index is 12.3. The van der Waals surface area contributed by atoms with E-state index >= 15 is 0 Å². The highest BCUT2D eigenvalue weighted by molar-refractivity contribution is 7.92. The standard InChI is InChI=1S/C26H27N5O3S/c1-17(2)16-35(32,33)30-19-6-4-18(5-7-19)25-23(15-27)22-11-10-21(34-26-28-12-3-13-29-26)14-24(22)31(25)20-8-9-20/h3-7,10-14,17,20,23,25,30H,8-9,16H2,1-2H3. The molecule has 1 aliphatic heterocycles. The number of hydrogen-bond donors (Lipinski definition) is 1. The number of nitrogens with one attached hydrogen (secondary N) is 1. The van der Waals surface area contributed by atoms with Crippen molar-refractivity contribution in [3.63, 3.8) is 0 Å². The SMILES string of the molecule is CC(C)CS(=O)(=O)Nc1ccc(C2C(C#N)c3ccc(Oc4ncccn4)cc3N2C2CC2)cc1. The summed E-state index contributed by atoms with van der Waals surface area (Å²) in [4.78, 5) is 10.6. The van der Waals surface area contributed by atoms with E-state index in [9.17, 15) is 13.7 Å². The molecule has 0 bridgehead atoms. The van der Waals surface area contributed by atoms with E-state index in [1.54, 1.807) is 30.6 Å². The molecule has 1 fully saturated rings. The third kappa shape index (κ3) is 4.93. The summed E-state index contributed by atoms with van der Waals surface area (Å²) < 4.78 is 33.2. The van der Waals surface area contributed by atoms with Crippen molar-refractivity contribution in [3.8, 4) is 17.8 Å². The maximum Gasteiger partial charge on any atom is 0.321 e. The number of rotatable bonds is 8. The minimum Gasteiger partial charge on any atom is -0.424 e. The molecule has 2 aromatic carbocycles. The van der Waals surface area contributed by atoms with Gasteiger partial charge in [-0.15, -0.1) is 0 Å². The Kier molecular flexibility index (Phi) is 6.07. The lowest BCUT2D eigenvalue weighted by Crippen LogP contribution is -2.28. The predicted octanol–water partition coefficient (Wildman–Crippen LogP) is 5.00. The van der Waals surface area contributed by atoms with Crippen LogP contribution in [0.3, 0.4) is 0 Å². The second kappa shape index (κ2) is 9.19. The lowest BCUT2D eigenvalue weighted by atomic mass is 9.91. The number of benzene rings is 2. The fourth-order valence-electron chi connectivity index (χ4n) is 4.68. The minimum atomic E-state index is -3.41. The zero-order valence-electron chi connectivity index (χ0n) is 19.6. The topological polar surface area (TPSA) is 108 Å². The molecule has 2 aliphatic rings. The van der Waals surface area contributed by atoms with Crippen LogP contribution in [0.25, 0.3) is 0 Å². The van der Waals surface area contributed by atoms with Crippen molar-refractivity contribution in [1.82, 2.24) is 9.97 Å². The van der Waals surface area contributed by atoms with Crippen molar-refractivity contribution in [2.24, 2.45) is 5.92 Å². The molecule has 1 aliphatic carbocycles. The van der Waals surface area contributed by atoms with E-state index in [0.717, 1.165) is 29.7 Å². The van der Waals surface area contributed by atoms with E-state index in [0.29, 0.717) is 17.5 Å². The smallest absolute Gasteiger partial charge is 0.321 e. The Bertz CT molecular complexity index is 1350. The Balaban J connectivity index is 1.44. The van der Waals surface area contributed by atoms with Gasteiger partial charge in [-0.05, 0) is 54.2 Å². The normalized spacial score (nSPS) is 19.3. The van der Waals surface area contributed by atoms with Crippen molar-refractivity contribution < 1.29 is 13.2 Å². The third-order valence-corrected chi connectivity index (χ3v) is 7.79. The molecular formula is C26H27N5O3S. The molecular weight excluding hydrogens is 462 g/mol. The van der Waals surface area contributed by atoms with E-state index in [4.69, 9.17) is 4.74 Å². The molecule has 35 heavy (non-hydrogen) atoms. The largest absolute Gasteiger partial charge is 0.424 e. The van der Waals surface area contributed by atoms with Crippen molar-refractivity contribution in [2.75, 3.05) is 15.4 Å². The van der Waals surface area contributed by atoms with Crippen molar-refractivity contribution in [3.05, 3.63) is 72.1 Å². The lowest BCUT2D eigenvalue weighted by molar-refractivity contribution is 0.441. The van der Waals surface area contributed by atoms with Gasteiger partial charge in [-0.25, -0.2) is 18.4 Å². The van der Waals surface area contributed by atoms with Crippen LogP contribution in [0, 0.1) is 17.2 Å². The predicted molar refractivity (Wildman–Crippen MR) is 134 cm³/mol. The summed E-state index contributed by atoms with van der Waals surface area (Å²) in [5.41, 5.74) is 3.45. The van der Waals surface area contributed by atoms with Crippen LogP contribution >= 0.6 is 0 Å². The van der Waals surface area contributed by atoms with Crippen molar-refractivity contribution >= 4 is 21.4 Å². The summed E-state index contributed by atoms with van der Waals surface area (Å²) in [7, 11) is -3.41. The Hall–Kier alpha value is -3.64. The fraction of sp³-hybridized carbons (Fsp3) is 0.346. The van der Waals surface area contributed by atoms with E-state index in [1.807, 2.05) is 44.2 Å². The van der Waals surface area contributed by atoms with Crippen LogP contribution in [0.4, 0.5) is 11.4 Å². The Morgan fingerprint density at radius 1 is 1.14 bits per heavy atom. The van der Waals surface area contributed by atoms with Crippen molar-refractivity contribution in [1.29, 1.82) is 5.26 Å². The molecule has 2 heterocycles. The first-order valence-electron chi connectivity index (χ1n) is 11.7. The van der Waals surface area contributed by atoms with Gasteiger partial charge < -0.3 is 9.64 Å². The second-order valence-electron chi connectivity index (χ2n) is 9.44. The van der Waals surface area contributed by atoms with Crippen LogP contribution in [-0.2, 0) is 10.0 Å².